The molecule has 3 aromatic rings. The summed E-state index contributed by atoms with van der Waals surface area (Å²) in [4.78, 5) is 20.9. The summed E-state index contributed by atoms with van der Waals surface area (Å²) in [6, 6.07) is 5.31. The molecule has 1 amide bonds. The second kappa shape index (κ2) is 4.61. The Kier molecular flexibility index (Phi) is 2.90. The van der Waals surface area contributed by atoms with Crippen LogP contribution in [0.2, 0.25) is 0 Å². The highest BCUT2D eigenvalue weighted by molar-refractivity contribution is 7.17. The van der Waals surface area contributed by atoms with Crippen LogP contribution in [0.3, 0.4) is 0 Å². The SMILES string of the molecule is Cc1nc2cc(NC(=O)c3sc(N)nc3C)ccc2o1. The minimum absolute atomic E-state index is 0.226. The van der Waals surface area contributed by atoms with Crippen LogP contribution in [0.15, 0.2) is 22.6 Å². The molecule has 2 aromatic heterocycles. The number of nitrogens with zero attached hydrogens (tertiary/aromatic N) is 2. The smallest absolute Gasteiger partial charge is 0.267 e. The molecule has 3 rings (SSSR count). The molecule has 0 aliphatic heterocycles. The van der Waals surface area contributed by atoms with Crippen molar-refractivity contribution in [3.63, 3.8) is 0 Å². The van der Waals surface area contributed by atoms with Gasteiger partial charge in [0.2, 0.25) is 0 Å². The fourth-order valence-corrected chi connectivity index (χ4v) is 2.66. The first-order valence-electron chi connectivity index (χ1n) is 5.94. The van der Waals surface area contributed by atoms with E-state index in [1.165, 1.54) is 11.3 Å². The maximum Gasteiger partial charge on any atom is 0.267 e. The van der Waals surface area contributed by atoms with Gasteiger partial charge in [-0.25, -0.2) is 9.97 Å². The van der Waals surface area contributed by atoms with E-state index in [0.717, 1.165) is 0 Å². The normalized spacial score (nSPS) is 10.9. The lowest BCUT2D eigenvalue weighted by molar-refractivity contribution is 0.103. The number of hydrogen-bond donors (Lipinski definition) is 2. The number of fused-ring (bicyclic) bond motifs is 1. The number of aryl methyl sites for hydroxylation is 2. The molecule has 102 valence electrons. The zero-order chi connectivity index (χ0) is 14.3. The van der Waals surface area contributed by atoms with Crippen LogP contribution in [0.1, 0.15) is 21.3 Å². The summed E-state index contributed by atoms with van der Waals surface area (Å²) in [6.07, 6.45) is 0. The Bertz CT molecular complexity index is 806. The largest absolute Gasteiger partial charge is 0.441 e. The first-order chi connectivity index (χ1) is 9.52. The Balaban J connectivity index is 1.88. The van der Waals surface area contributed by atoms with Crippen molar-refractivity contribution in [3.8, 4) is 0 Å². The minimum Gasteiger partial charge on any atom is -0.441 e. The maximum absolute atomic E-state index is 12.1. The van der Waals surface area contributed by atoms with Crippen LogP contribution in [-0.2, 0) is 0 Å². The molecule has 20 heavy (non-hydrogen) atoms. The topological polar surface area (TPSA) is 94.0 Å². The van der Waals surface area contributed by atoms with Gasteiger partial charge in [-0.1, -0.05) is 11.3 Å². The molecule has 0 fully saturated rings. The number of benzene rings is 1. The summed E-state index contributed by atoms with van der Waals surface area (Å²) in [6.45, 7) is 3.54. The molecule has 0 aliphatic carbocycles. The van der Waals surface area contributed by atoms with Gasteiger partial charge in [0.15, 0.2) is 16.6 Å². The third-order valence-electron chi connectivity index (χ3n) is 2.77. The first-order valence-corrected chi connectivity index (χ1v) is 6.76. The molecule has 6 nitrogen and oxygen atoms in total. The van der Waals surface area contributed by atoms with Gasteiger partial charge < -0.3 is 15.5 Å². The average Bonchev–Trinajstić information content (AvgIpc) is 2.90. The fraction of sp³-hybridized carbons (Fsp3) is 0.154. The van der Waals surface area contributed by atoms with Crippen molar-refractivity contribution in [2.45, 2.75) is 13.8 Å². The average molecular weight is 288 g/mol. The van der Waals surface area contributed by atoms with Gasteiger partial charge in [-0.2, -0.15) is 0 Å². The van der Waals surface area contributed by atoms with E-state index in [9.17, 15) is 4.79 Å². The number of aromatic nitrogens is 2. The number of carbonyl (C=O) groups is 1. The Morgan fingerprint density at radius 3 is 2.85 bits per heavy atom. The zero-order valence-corrected chi connectivity index (χ0v) is 11.7. The molecule has 0 radical (unpaired) electrons. The summed E-state index contributed by atoms with van der Waals surface area (Å²) in [5.41, 5.74) is 8.28. The summed E-state index contributed by atoms with van der Waals surface area (Å²) in [7, 11) is 0. The van der Waals surface area contributed by atoms with E-state index >= 15 is 0 Å². The van der Waals surface area contributed by atoms with Crippen LogP contribution in [0.5, 0.6) is 0 Å². The highest BCUT2D eigenvalue weighted by Crippen LogP contribution is 2.23. The van der Waals surface area contributed by atoms with E-state index in [1.54, 1.807) is 32.0 Å². The number of nitrogens with one attached hydrogen (secondary N) is 1. The lowest BCUT2D eigenvalue weighted by atomic mass is 10.2. The maximum atomic E-state index is 12.1. The van der Waals surface area contributed by atoms with Gasteiger partial charge in [0.05, 0.1) is 5.69 Å². The van der Waals surface area contributed by atoms with Crippen molar-refractivity contribution >= 4 is 39.2 Å². The lowest BCUT2D eigenvalue weighted by Gasteiger charge is -2.03. The van der Waals surface area contributed by atoms with Crippen molar-refractivity contribution in [1.82, 2.24) is 9.97 Å². The van der Waals surface area contributed by atoms with Crippen LogP contribution in [0.4, 0.5) is 10.8 Å². The molecule has 0 spiro atoms. The zero-order valence-electron chi connectivity index (χ0n) is 10.9. The predicted molar refractivity (Wildman–Crippen MR) is 78.0 cm³/mol. The molecule has 0 bridgehead atoms. The molecule has 7 heteroatoms. The number of hydrogen-bond acceptors (Lipinski definition) is 6. The molecule has 3 N–H and O–H groups in total. The van der Waals surface area contributed by atoms with Gasteiger partial charge in [0.25, 0.3) is 5.91 Å². The Morgan fingerprint density at radius 1 is 1.35 bits per heavy atom. The van der Waals surface area contributed by atoms with Crippen LogP contribution < -0.4 is 11.1 Å². The number of carbonyl (C=O) groups excluding carboxylic acids is 1. The predicted octanol–water partition coefficient (Wildman–Crippen LogP) is 2.74. The molecule has 1 aromatic carbocycles. The highest BCUT2D eigenvalue weighted by atomic mass is 32.1. The van der Waals surface area contributed by atoms with Gasteiger partial charge in [-0.15, -0.1) is 0 Å². The molecule has 2 heterocycles. The molecular formula is C13H12N4O2S. The number of anilines is 2. The van der Waals surface area contributed by atoms with Gasteiger partial charge in [0, 0.05) is 12.6 Å². The standard InChI is InChI=1S/C13H12N4O2S/c1-6-11(20-13(14)15-6)12(18)17-8-3-4-10-9(5-8)16-7(2)19-10/h3-5H,1-2H3,(H2,14,15)(H,17,18). The van der Waals surface area contributed by atoms with Crippen LogP contribution >= 0.6 is 11.3 Å². The van der Waals surface area contributed by atoms with Crippen LogP contribution in [0.25, 0.3) is 11.1 Å². The summed E-state index contributed by atoms with van der Waals surface area (Å²) in [5.74, 6) is 0.366. The van der Waals surface area contributed by atoms with Gasteiger partial charge in [-0.05, 0) is 25.1 Å². The molecule has 0 unspecified atom stereocenters. The minimum atomic E-state index is -0.226. The quantitative estimate of drug-likeness (QED) is 0.756. The first kappa shape index (κ1) is 12.6. The van der Waals surface area contributed by atoms with Crippen molar-refractivity contribution in [3.05, 3.63) is 34.7 Å². The number of amides is 1. The number of oxazole rings is 1. The third-order valence-corrected chi connectivity index (χ3v) is 3.76. The van der Waals surface area contributed by atoms with E-state index in [2.05, 4.69) is 15.3 Å². The van der Waals surface area contributed by atoms with Crippen LogP contribution in [-0.4, -0.2) is 15.9 Å². The Hall–Kier alpha value is -2.41. The lowest BCUT2D eigenvalue weighted by Crippen LogP contribution is -2.11. The van der Waals surface area contributed by atoms with Crippen molar-refractivity contribution in [1.29, 1.82) is 0 Å². The molecular weight excluding hydrogens is 276 g/mol. The number of nitrogen functional groups attached to an aromatic ring is 1. The highest BCUT2D eigenvalue weighted by Gasteiger charge is 2.14. The summed E-state index contributed by atoms with van der Waals surface area (Å²) >= 11 is 1.17. The van der Waals surface area contributed by atoms with E-state index in [4.69, 9.17) is 10.2 Å². The van der Waals surface area contributed by atoms with Crippen molar-refractivity contribution in [2.75, 3.05) is 11.1 Å². The van der Waals surface area contributed by atoms with Crippen molar-refractivity contribution in [2.24, 2.45) is 0 Å². The van der Waals surface area contributed by atoms with Gasteiger partial charge in [0.1, 0.15) is 10.4 Å². The second-order valence-corrected chi connectivity index (χ2v) is 5.37. The fourth-order valence-electron chi connectivity index (χ4n) is 1.94. The molecule has 0 saturated heterocycles. The van der Waals surface area contributed by atoms with Gasteiger partial charge in [-0.3, -0.25) is 4.79 Å². The second-order valence-electron chi connectivity index (χ2n) is 4.34. The Morgan fingerprint density at radius 2 is 2.15 bits per heavy atom. The molecule has 0 saturated carbocycles. The third kappa shape index (κ3) is 2.23. The number of rotatable bonds is 2. The van der Waals surface area contributed by atoms with Gasteiger partial charge >= 0.3 is 0 Å². The molecule has 0 aliphatic rings. The number of thiazole rings is 1. The summed E-state index contributed by atoms with van der Waals surface area (Å²) < 4.78 is 5.39. The monoisotopic (exact) mass is 288 g/mol. The molecule has 0 atom stereocenters. The van der Waals surface area contributed by atoms with E-state index in [0.29, 0.717) is 38.4 Å². The van der Waals surface area contributed by atoms with E-state index in [1.807, 2.05) is 0 Å². The van der Waals surface area contributed by atoms with Crippen molar-refractivity contribution < 1.29 is 9.21 Å². The van der Waals surface area contributed by atoms with E-state index in [-0.39, 0.29) is 5.91 Å². The number of nitrogens with two attached hydrogens (primary N) is 1. The Labute approximate surface area is 118 Å². The summed E-state index contributed by atoms with van der Waals surface area (Å²) in [5, 5.41) is 3.19. The van der Waals surface area contributed by atoms with E-state index < -0.39 is 0 Å². The van der Waals surface area contributed by atoms with Crippen LogP contribution in [0, 0.1) is 13.8 Å².